The fourth-order valence-electron chi connectivity index (χ4n) is 3.59. The Bertz CT molecular complexity index is 739. The van der Waals surface area contributed by atoms with Gasteiger partial charge < -0.3 is 5.11 Å². The zero-order valence-electron chi connectivity index (χ0n) is 19.5. The quantitative estimate of drug-likeness (QED) is 0.363. The van der Waals surface area contributed by atoms with E-state index >= 15 is 0 Å². The first-order chi connectivity index (χ1) is 14.1. The molecule has 0 aliphatic heterocycles. The standard InChI is InChI=1S/C23H40N2O4S/c1-7-9-11-16-24(17-12-10-8-2)30(28,29)25(23(26)27)22-20(18(3)4)14-13-15-21(22)19(5)6/h13-15,18-19H,7-12,16-17H2,1-6H3,(H,26,27). The molecule has 7 heteroatoms. The molecule has 0 heterocycles. The number of rotatable bonds is 13. The van der Waals surface area contributed by atoms with E-state index < -0.39 is 16.3 Å². The van der Waals surface area contributed by atoms with Crippen molar-refractivity contribution in [1.29, 1.82) is 0 Å². The predicted molar refractivity (Wildman–Crippen MR) is 125 cm³/mol. The van der Waals surface area contributed by atoms with E-state index in [1.165, 1.54) is 4.31 Å². The van der Waals surface area contributed by atoms with Crippen molar-refractivity contribution in [3.8, 4) is 0 Å². The summed E-state index contributed by atoms with van der Waals surface area (Å²) in [5, 5.41) is 10.1. The molecule has 0 aromatic heterocycles. The number of carboxylic acid groups (broad SMARTS) is 1. The maximum atomic E-state index is 13.7. The molecule has 0 aliphatic rings. The van der Waals surface area contributed by atoms with Crippen LogP contribution in [0.4, 0.5) is 10.5 Å². The number of hydrogen-bond donors (Lipinski definition) is 1. The molecule has 1 amide bonds. The van der Waals surface area contributed by atoms with Gasteiger partial charge in [-0.2, -0.15) is 17.0 Å². The minimum Gasteiger partial charge on any atom is -0.464 e. The topological polar surface area (TPSA) is 77.9 Å². The third kappa shape index (κ3) is 6.71. The maximum absolute atomic E-state index is 13.7. The van der Waals surface area contributed by atoms with E-state index in [1.54, 1.807) is 0 Å². The van der Waals surface area contributed by atoms with E-state index in [4.69, 9.17) is 0 Å². The molecule has 0 saturated heterocycles. The van der Waals surface area contributed by atoms with Crippen LogP contribution in [0.3, 0.4) is 0 Å². The van der Waals surface area contributed by atoms with Crippen molar-refractivity contribution in [3.05, 3.63) is 29.3 Å². The molecule has 0 unspecified atom stereocenters. The molecule has 0 radical (unpaired) electrons. The highest BCUT2D eigenvalue weighted by Gasteiger charge is 2.37. The van der Waals surface area contributed by atoms with Gasteiger partial charge in [-0.15, -0.1) is 0 Å². The van der Waals surface area contributed by atoms with Gasteiger partial charge >= 0.3 is 16.3 Å². The lowest BCUT2D eigenvalue weighted by molar-refractivity contribution is 0.205. The molecule has 30 heavy (non-hydrogen) atoms. The number of anilines is 1. The normalized spacial score (nSPS) is 12.2. The van der Waals surface area contributed by atoms with Crippen LogP contribution in [-0.4, -0.2) is 37.0 Å². The molecular weight excluding hydrogens is 400 g/mol. The van der Waals surface area contributed by atoms with Gasteiger partial charge in [-0.05, 0) is 35.8 Å². The van der Waals surface area contributed by atoms with Crippen molar-refractivity contribution >= 4 is 22.0 Å². The second-order valence-electron chi connectivity index (χ2n) is 8.46. The van der Waals surface area contributed by atoms with Crippen LogP contribution >= 0.6 is 0 Å². The summed E-state index contributed by atoms with van der Waals surface area (Å²) in [5.74, 6) is -0.0197. The van der Waals surface area contributed by atoms with Gasteiger partial charge in [0.1, 0.15) is 0 Å². The Kier molecular flexibility index (Phi) is 10.8. The van der Waals surface area contributed by atoms with E-state index in [0.717, 1.165) is 49.7 Å². The molecule has 0 spiro atoms. The summed E-state index contributed by atoms with van der Waals surface area (Å²) in [4.78, 5) is 12.4. The summed E-state index contributed by atoms with van der Waals surface area (Å²) in [5.41, 5.74) is 1.76. The van der Waals surface area contributed by atoms with E-state index in [1.807, 2.05) is 45.9 Å². The number of benzene rings is 1. The Morgan fingerprint density at radius 2 is 1.33 bits per heavy atom. The fraction of sp³-hybridized carbons (Fsp3) is 0.696. The summed E-state index contributed by atoms with van der Waals surface area (Å²) < 4.78 is 29.4. The molecule has 1 aromatic carbocycles. The van der Waals surface area contributed by atoms with Crippen molar-refractivity contribution in [2.75, 3.05) is 17.4 Å². The van der Waals surface area contributed by atoms with Crippen LogP contribution in [0, 0.1) is 0 Å². The zero-order chi connectivity index (χ0) is 22.9. The molecule has 1 aromatic rings. The molecule has 1 rings (SSSR count). The minimum atomic E-state index is -4.22. The van der Waals surface area contributed by atoms with Gasteiger partial charge in [-0.1, -0.05) is 85.4 Å². The molecule has 0 saturated carbocycles. The molecule has 0 fully saturated rings. The fourth-order valence-corrected chi connectivity index (χ4v) is 5.18. The van der Waals surface area contributed by atoms with Crippen LogP contribution < -0.4 is 4.31 Å². The Hall–Kier alpha value is -1.60. The average Bonchev–Trinajstić information content (AvgIpc) is 2.66. The van der Waals surface area contributed by atoms with E-state index in [2.05, 4.69) is 13.8 Å². The first kappa shape index (κ1) is 26.4. The predicted octanol–water partition coefficient (Wildman–Crippen LogP) is 6.35. The maximum Gasteiger partial charge on any atom is 0.426 e. The van der Waals surface area contributed by atoms with E-state index in [-0.39, 0.29) is 11.8 Å². The summed E-state index contributed by atoms with van der Waals surface area (Å²) >= 11 is 0. The largest absolute Gasteiger partial charge is 0.464 e. The third-order valence-electron chi connectivity index (χ3n) is 5.30. The van der Waals surface area contributed by atoms with Crippen molar-refractivity contribution in [2.24, 2.45) is 0 Å². The lowest BCUT2D eigenvalue weighted by Gasteiger charge is -2.32. The Morgan fingerprint density at radius 1 is 0.900 bits per heavy atom. The number of unbranched alkanes of at least 4 members (excludes halogenated alkanes) is 4. The summed E-state index contributed by atoms with van der Waals surface area (Å²) in [6, 6.07) is 5.53. The molecule has 0 aliphatic carbocycles. The lowest BCUT2D eigenvalue weighted by Crippen LogP contribution is -2.48. The molecule has 6 nitrogen and oxygen atoms in total. The highest BCUT2D eigenvalue weighted by molar-refractivity contribution is 7.91. The van der Waals surface area contributed by atoms with Gasteiger partial charge in [0.2, 0.25) is 0 Å². The van der Waals surface area contributed by atoms with Crippen molar-refractivity contribution in [2.45, 2.75) is 91.9 Å². The van der Waals surface area contributed by atoms with Crippen molar-refractivity contribution in [3.63, 3.8) is 0 Å². The summed E-state index contributed by atoms with van der Waals surface area (Å²) in [6.45, 7) is 12.6. The van der Waals surface area contributed by atoms with Crippen LogP contribution in [0.25, 0.3) is 0 Å². The second-order valence-corrected chi connectivity index (χ2v) is 10.2. The number of amides is 1. The first-order valence-electron chi connectivity index (χ1n) is 11.3. The number of carbonyl (C=O) groups is 1. The van der Waals surface area contributed by atoms with Crippen LogP contribution in [0.1, 0.15) is 103 Å². The monoisotopic (exact) mass is 440 g/mol. The Balaban J connectivity index is 3.56. The van der Waals surface area contributed by atoms with Crippen molar-refractivity contribution < 1.29 is 18.3 Å². The molecule has 172 valence electrons. The van der Waals surface area contributed by atoms with Gasteiger partial charge in [-0.3, -0.25) is 0 Å². The number of nitrogens with zero attached hydrogens (tertiary/aromatic N) is 2. The smallest absolute Gasteiger partial charge is 0.426 e. The SMILES string of the molecule is CCCCCN(CCCCC)S(=O)(=O)N(C(=O)O)c1c(C(C)C)cccc1C(C)C. The third-order valence-corrected chi connectivity index (χ3v) is 7.12. The average molecular weight is 441 g/mol. The van der Waals surface area contributed by atoms with Crippen LogP contribution in [0.2, 0.25) is 0 Å². The van der Waals surface area contributed by atoms with Gasteiger partial charge in [0.15, 0.2) is 0 Å². The van der Waals surface area contributed by atoms with Gasteiger partial charge in [0.25, 0.3) is 0 Å². The molecule has 0 bridgehead atoms. The van der Waals surface area contributed by atoms with Crippen LogP contribution in [0.5, 0.6) is 0 Å². The number of hydrogen-bond acceptors (Lipinski definition) is 3. The summed E-state index contributed by atoms with van der Waals surface area (Å²) in [6.07, 6.45) is 3.75. The van der Waals surface area contributed by atoms with Crippen LogP contribution in [0.15, 0.2) is 18.2 Å². The van der Waals surface area contributed by atoms with Gasteiger partial charge in [0.05, 0.1) is 5.69 Å². The molecular formula is C23H40N2O4S. The number of para-hydroxylation sites is 1. The Labute approximate surface area is 183 Å². The van der Waals surface area contributed by atoms with Gasteiger partial charge in [-0.25, -0.2) is 4.79 Å². The zero-order valence-corrected chi connectivity index (χ0v) is 20.3. The summed E-state index contributed by atoms with van der Waals surface area (Å²) in [7, 11) is -4.22. The second kappa shape index (κ2) is 12.3. The lowest BCUT2D eigenvalue weighted by atomic mass is 9.93. The highest BCUT2D eigenvalue weighted by Crippen LogP contribution is 2.37. The van der Waals surface area contributed by atoms with Gasteiger partial charge in [0, 0.05) is 13.1 Å². The highest BCUT2D eigenvalue weighted by atomic mass is 32.2. The Morgan fingerprint density at radius 3 is 1.67 bits per heavy atom. The van der Waals surface area contributed by atoms with Crippen molar-refractivity contribution in [1.82, 2.24) is 4.31 Å². The minimum absolute atomic E-state index is 0.00983. The van der Waals surface area contributed by atoms with Crippen LogP contribution in [-0.2, 0) is 10.2 Å². The van der Waals surface area contributed by atoms with E-state index in [0.29, 0.717) is 23.1 Å². The first-order valence-corrected chi connectivity index (χ1v) is 12.6. The molecule has 0 atom stereocenters. The van der Waals surface area contributed by atoms with E-state index in [9.17, 15) is 18.3 Å². The molecule has 1 N–H and O–H groups in total.